The number of alkyl halides is 2. The van der Waals surface area contributed by atoms with Crippen molar-refractivity contribution in [3.8, 4) is 17.6 Å². The highest BCUT2D eigenvalue weighted by molar-refractivity contribution is 6.30. The first-order chi connectivity index (χ1) is 15.4. The van der Waals surface area contributed by atoms with E-state index < -0.39 is 51.5 Å². The van der Waals surface area contributed by atoms with Gasteiger partial charge in [-0.3, -0.25) is 14.2 Å². The Morgan fingerprint density at radius 1 is 1.30 bits per heavy atom. The van der Waals surface area contributed by atoms with Crippen molar-refractivity contribution in [1.82, 2.24) is 14.5 Å². The van der Waals surface area contributed by atoms with Crippen LogP contribution in [0, 0.1) is 30.0 Å². The summed E-state index contributed by atoms with van der Waals surface area (Å²) < 4.78 is 50.6. The van der Waals surface area contributed by atoms with Gasteiger partial charge in [-0.05, 0) is 25.1 Å². The van der Waals surface area contributed by atoms with E-state index in [1.165, 1.54) is 19.9 Å². The van der Waals surface area contributed by atoms with E-state index in [4.69, 9.17) is 21.6 Å². The van der Waals surface area contributed by atoms with Gasteiger partial charge in [-0.25, -0.2) is 9.37 Å². The second-order valence-corrected chi connectivity index (χ2v) is 8.04. The molecule has 11 heteroatoms. The van der Waals surface area contributed by atoms with Crippen molar-refractivity contribution in [2.75, 3.05) is 0 Å². The Bertz CT molecular complexity index is 1380. The zero-order chi connectivity index (χ0) is 24.5. The lowest BCUT2D eigenvalue weighted by Crippen LogP contribution is -2.31. The Morgan fingerprint density at radius 3 is 2.61 bits per heavy atom. The topological polar surface area (TPSA) is 101 Å². The molecule has 33 heavy (non-hydrogen) atoms. The van der Waals surface area contributed by atoms with Gasteiger partial charge < -0.3 is 9.72 Å². The lowest BCUT2D eigenvalue weighted by molar-refractivity contribution is -0.0574. The van der Waals surface area contributed by atoms with Crippen molar-refractivity contribution in [2.24, 2.45) is 5.92 Å². The summed E-state index contributed by atoms with van der Waals surface area (Å²) in [6.45, 7) is 3.81. The molecule has 0 saturated heterocycles. The van der Waals surface area contributed by atoms with Gasteiger partial charge in [0.05, 0.1) is 18.4 Å². The summed E-state index contributed by atoms with van der Waals surface area (Å²) in [5, 5.41) is 8.96. The van der Waals surface area contributed by atoms with Gasteiger partial charge in [0.25, 0.3) is 17.0 Å². The molecule has 2 aromatic heterocycles. The van der Waals surface area contributed by atoms with Crippen LogP contribution in [0.5, 0.6) is 11.5 Å². The lowest BCUT2D eigenvalue weighted by Gasteiger charge is -2.22. The highest BCUT2D eigenvalue weighted by atomic mass is 35.5. The SMILES string of the molecule is Cc1ccc(Cn2cnc(C(F)(F)C(C)C)c(Oc3cc(Cl)cc(C#N)c3F)c2=O)c(=O)[nH]1. The third-order valence-electron chi connectivity index (χ3n) is 4.85. The lowest BCUT2D eigenvalue weighted by atomic mass is 10.0. The number of halogens is 4. The number of aromatic amines is 1. The van der Waals surface area contributed by atoms with E-state index in [1.807, 2.05) is 0 Å². The van der Waals surface area contributed by atoms with Gasteiger partial charge in [0.2, 0.25) is 5.75 Å². The Morgan fingerprint density at radius 2 is 2.00 bits per heavy atom. The Labute approximate surface area is 191 Å². The van der Waals surface area contributed by atoms with E-state index in [-0.39, 0.29) is 17.1 Å². The Hall–Kier alpha value is -3.58. The van der Waals surface area contributed by atoms with E-state index in [2.05, 4.69) is 9.97 Å². The van der Waals surface area contributed by atoms with E-state index in [0.717, 1.165) is 23.0 Å². The third-order valence-corrected chi connectivity index (χ3v) is 5.07. The average molecular weight is 479 g/mol. The first-order valence-corrected chi connectivity index (χ1v) is 10.1. The molecular weight excluding hydrogens is 461 g/mol. The van der Waals surface area contributed by atoms with Gasteiger partial charge in [-0.1, -0.05) is 25.4 Å². The smallest absolute Gasteiger partial charge is 0.297 e. The normalized spacial score (nSPS) is 11.5. The van der Waals surface area contributed by atoms with E-state index >= 15 is 0 Å². The number of hydrogen-bond acceptors (Lipinski definition) is 5. The van der Waals surface area contributed by atoms with Crippen LogP contribution in [0.2, 0.25) is 5.02 Å². The van der Waals surface area contributed by atoms with Gasteiger partial charge in [0.1, 0.15) is 6.07 Å². The van der Waals surface area contributed by atoms with Gasteiger partial charge in [-0.2, -0.15) is 14.0 Å². The fraction of sp³-hybridized carbons (Fsp3) is 0.273. The molecule has 0 radical (unpaired) electrons. The first kappa shape index (κ1) is 24.1. The van der Waals surface area contributed by atoms with E-state index in [1.54, 1.807) is 19.1 Å². The van der Waals surface area contributed by atoms with Crippen molar-refractivity contribution >= 4 is 11.6 Å². The molecule has 0 fully saturated rings. The van der Waals surface area contributed by atoms with E-state index in [0.29, 0.717) is 5.69 Å². The molecule has 0 unspecified atom stereocenters. The predicted octanol–water partition coefficient (Wildman–Crippen LogP) is 4.49. The molecule has 0 amide bonds. The number of aromatic nitrogens is 3. The largest absolute Gasteiger partial charge is 0.446 e. The summed E-state index contributed by atoms with van der Waals surface area (Å²) >= 11 is 5.87. The molecule has 1 N–H and O–H groups in total. The number of rotatable bonds is 6. The van der Waals surface area contributed by atoms with Gasteiger partial charge >= 0.3 is 0 Å². The highest BCUT2D eigenvalue weighted by Crippen LogP contribution is 2.40. The van der Waals surface area contributed by atoms with Crippen LogP contribution in [0.15, 0.2) is 40.2 Å². The summed E-state index contributed by atoms with van der Waals surface area (Å²) in [6, 6.07) is 6.64. The number of nitrogens with one attached hydrogen (secondary N) is 1. The fourth-order valence-electron chi connectivity index (χ4n) is 2.93. The zero-order valence-corrected chi connectivity index (χ0v) is 18.5. The molecule has 2 heterocycles. The first-order valence-electron chi connectivity index (χ1n) is 9.69. The van der Waals surface area contributed by atoms with Gasteiger partial charge in [-0.15, -0.1) is 0 Å². The van der Waals surface area contributed by atoms with Crippen molar-refractivity contribution in [1.29, 1.82) is 5.26 Å². The second-order valence-electron chi connectivity index (χ2n) is 7.61. The van der Waals surface area contributed by atoms with Crippen LogP contribution in [0.3, 0.4) is 0 Å². The van der Waals surface area contributed by atoms with Crippen molar-refractivity contribution in [2.45, 2.75) is 33.2 Å². The van der Waals surface area contributed by atoms with Crippen molar-refractivity contribution in [3.05, 3.63) is 84.7 Å². The highest BCUT2D eigenvalue weighted by Gasteiger charge is 2.42. The molecule has 0 saturated carbocycles. The summed E-state index contributed by atoms with van der Waals surface area (Å²) in [5.74, 6) is -7.69. The molecule has 0 atom stereocenters. The molecule has 0 spiro atoms. The second kappa shape index (κ2) is 9.11. The van der Waals surface area contributed by atoms with Crippen molar-refractivity contribution in [3.63, 3.8) is 0 Å². The molecule has 0 aliphatic rings. The number of aryl methyl sites for hydroxylation is 1. The molecule has 1 aromatic carbocycles. The van der Waals surface area contributed by atoms with Crippen molar-refractivity contribution < 1.29 is 17.9 Å². The molecule has 172 valence electrons. The zero-order valence-electron chi connectivity index (χ0n) is 17.7. The van der Waals surface area contributed by atoms with Crippen LogP contribution in [0.25, 0.3) is 0 Å². The number of ether oxygens (including phenoxy) is 1. The number of benzene rings is 1. The quantitative estimate of drug-likeness (QED) is 0.562. The number of nitriles is 1. The number of hydrogen-bond donors (Lipinski definition) is 1. The standard InChI is InChI=1S/C22H18ClF3N4O3/c1-11(2)22(25,26)19-18(33-16-7-15(23)6-14(8-27)17(16)24)21(32)30(10-28-19)9-13-5-4-12(3)29-20(13)31/h4-7,10-11H,9H2,1-3H3,(H,29,31). The minimum atomic E-state index is -3.61. The van der Waals surface area contributed by atoms with Crippen LogP contribution in [0.4, 0.5) is 13.2 Å². The fourth-order valence-corrected chi connectivity index (χ4v) is 3.13. The third kappa shape index (κ3) is 4.78. The minimum absolute atomic E-state index is 0.101. The molecule has 7 nitrogen and oxygen atoms in total. The molecular formula is C22H18ClF3N4O3. The summed E-state index contributed by atoms with van der Waals surface area (Å²) in [7, 11) is 0. The molecule has 3 rings (SSSR count). The number of H-pyrrole nitrogens is 1. The van der Waals surface area contributed by atoms with Crippen LogP contribution >= 0.6 is 11.6 Å². The monoisotopic (exact) mass is 478 g/mol. The van der Waals surface area contributed by atoms with Crippen LogP contribution in [0.1, 0.15) is 36.4 Å². The molecule has 3 aromatic rings. The van der Waals surface area contributed by atoms with E-state index in [9.17, 15) is 22.8 Å². The maximum absolute atomic E-state index is 14.9. The minimum Gasteiger partial charge on any atom is -0.446 e. The van der Waals surface area contributed by atoms with Crippen LogP contribution in [-0.2, 0) is 12.5 Å². The van der Waals surface area contributed by atoms with Crippen LogP contribution < -0.4 is 15.9 Å². The predicted molar refractivity (Wildman–Crippen MR) is 114 cm³/mol. The average Bonchev–Trinajstić information content (AvgIpc) is 2.74. The van der Waals surface area contributed by atoms with Gasteiger partial charge in [0.15, 0.2) is 17.3 Å². The molecule has 0 aliphatic heterocycles. The summed E-state index contributed by atoms with van der Waals surface area (Å²) in [4.78, 5) is 31.6. The van der Waals surface area contributed by atoms with Crippen LogP contribution in [-0.4, -0.2) is 14.5 Å². The Kier molecular flexibility index (Phi) is 6.65. The maximum atomic E-state index is 14.9. The summed E-state index contributed by atoms with van der Waals surface area (Å²) in [6.07, 6.45) is 0.870. The summed E-state index contributed by atoms with van der Waals surface area (Å²) in [5.41, 5.74) is -2.28. The molecule has 0 aliphatic carbocycles. The number of pyridine rings is 1. The Balaban J connectivity index is 2.20. The number of nitrogens with zero attached hydrogens (tertiary/aromatic N) is 3. The molecule has 0 bridgehead atoms. The van der Waals surface area contributed by atoms with Gasteiger partial charge in [0, 0.05) is 28.3 Å². The maximum Gasteiger partial charge on any atom is 0.297 e.